The van der Waals surface area contributed by atoms with E-state index in [4.69, 9.17) is 21.1 Å². The maximum atomic E-state index is 13.3. The van der Waals surface area contributed by atoms with E-state index in [0.29, 0.717) is 16.1 Å². The van der Waals surface area contributed by atoms with E-state index in [1.807, 2.05) is 13.8 Å². The normalized spacial score (nSPS) is 17.4. The van der Waals surface area contributed by atoms with Crippen LogP contribution in [0.25, 0.3) is 6.08 Å². The Balaban J connectivity index is 2.61. The Morgan fingerprint density at radius 3 is 2.57 bits per heavy atom. The van der Waals surface area contributed by atoms with Crippen molar-refractivity contribution in [3.63, 3.8) is 0 Å². The average Bonchev–Trinajstić information content (AvgIpc) is 2.44. The molecular formula is C16H16ClF3O3. The molecule has 1 unspecified atom stereocenters. The third-order valence-corrected chi connectivity index (χ3v) is 3.59. The van der Waals surface area contributed by atoms with Crippen LogP contribution in [0.3, 0.4) is 0 Å². The predicted molar refractivity (Wildman–Crippen MR) is 80.6 cm³/mol. The van der Waals surface area contributed by atoms with E-state index in [0.717, 1.165) is 6.08 Å². The zero-order valence-electron chi connectivity index (χ0n) is 12.8. The zero-order valence-corrected chi connectivity index (χ0v) is 13.6. The van der Waals surface area contributed by atoms with Crippen molar-refractivity contribution >= 4 is 23.6 Å². The number of fused-ring (bicyclic) bond motifs is 1. The molecule has 0 spiro atoms. The molecule has 1 atom stereocenters. The summed E-state index contributed by atoms with van der Waals surface area (Å²) in [4.78, 5) is 11.9. The van der Waals surface area contributed by atoms with Gasteiger partial charge in [0, 0.05) is 10.6 Å². The molecule has 1 aliphatic heterocycles. The minimum atomic E-state index is -4.73. The van der Waals surface area contributed by atoms with Crippen LogP contribution in [0.5, 0.6) is 5.75 Å². The smallest absolute Gasteiger partial charge is 0.430 e. The minimum Gasteiger partial charge on any atom is -0.475 e. The fourth-order valence-electron chi connectivity index (χ4n) is 2.36. The molecule has 0 aliphatic carbocycles. The SMILES string of the molecule is CCOC(=O)C1=Cc2cc(Cl)cc(C(C)C)c2OC1C(F)(F)F. The number of carbonyl (C=O) groups excluding carboxylic acids is 1. The number of hydrogen-bond acceptors (Lipinski definition) is 3. The van der Waals surface area contributed by atoms with Gasteiger partial charge in [-0.25, -0.2) is 4.79 Å². The van der Waals surface area contributed by atoms with Crippen molar-refractivity contribution in [2.45, 2.75) is 39.0 Å². The molecule has 0 amide bonds. The lowest BCUT2D eigenvalue weighted by molar-refractivity contribution is -0.188. The van der Waals surface area contributed by atoms with E-state index < -0.39 is 23.8 Å². The highest BCUT2D eigenvalue weighted by Gasteiger charge is 2.49. The summed E-state index contributed by atoms with van der Waals surface area (Å²) in [5, 5.41) is 0.362. The highest BCUT2D eigenvalue weighted by Crippen LogP contribution is 2.42. The molecule has 3 nitrogen and oxygen atoms in total. The summed E-state index contributed by atoms with van der Waals surface area (Å²) < 4.78 is 49.8. The second-order valence-electron chi connectivity index (χ2n) is 5.43. The van der Waals surface area contributed by atoms with Crippen molar-refractivity contribution in [3.8, 4) is 5.75 Å². The van der Waals surface area contributed by atoms with Crippen molar-refractivity contribution in [1.29, 1.82) is 0 Å². The molecule has 7 heteroatoms. The van der Waals surface area contributed by atoms with Crippen LogP contribution >= 0.6 is 11.6 Å². The molecule has 126 valence electrons. The molecule has 0 N–H and O–H groups in total. The molecule has 1 aliphatic rings. The summed E-state index contributed by atoms with van der Waals surface area (Å²) in [6, 6.07) is 3.04. The van der Waals surface area contributed by atoms with E-state index >= 15 is 0 Å². The van der Waals surface area contributed by atoms with Crippen molar-refractivity contribution in [3.05, 3.63) is 33.9 Å². The Bertz CT molecular complexity index is 651. The number of benzene rings is 1. The molecule has 23 heavy (non-hydrogen) atoms. The van der Waals surface area contributed by atoms with E-state index in [2.05, 4.69) is 0 Å². The molecule has 0 aromatic heterocycles. The molecule has 0 bridgehead atoms. The molecule has 0 saturated carbocycles. The Kier molecular flexibility index (Phi) is 4.94. The zero-order chi connectivity index (χ0) is 17.4. The van der Waals surface area contributed by atoms with Crippen molar-refractivity contribution in [2.24, 2.45) is 0 Å². The summed E-state index contributed by atoms with van der Waals surface area (Å²) in [7, 11) is 0. The molecule has 0 fully saturated rings. The van der Waals surface area contributed by atoms with E-state index in [9.17, 15) is 18.0 Å². The van der Waals surface area contributed by atoms with Gasteiger partial charge in [-0.2, -0.15) is 13.2 Å². The van der Waals surface area contributed by atoms with Gasteiger partial charge in [-0.05, 0) is 36.6 Å². The highest BCUT2D eigenvalue weighted by molar-refractivity contribution is 6.31. The maximum Gasteiger partial charge on any atom is 0.430 e. The van der Waals surface area contributed by atoms with Crippen LogP contribution in [0.2, 0.25) is 5.02 Å². The fourth-order valence-corrected chi connectivity index (χ4v) is 2.59. The van der Waals surface area contributed by atoms with Crippen LogP contribution in [0, 0.1) is 0 Å². The number of hydrogen-bond donors (Lipinski definition) is 0. The minimum absolute atomic E-state index is 0.0274. The van der Waals surface area contributed by atoms with Crippen LogP contribution in [0.15, 0.2) is 17.7 Å². The van der Waals surface area contributed by atoms with Gasteiger partial charge < -0.3 is 9.47 Å². The molecular weight excluding hydrogens is 333 g/mol. The molecule has 1 aromatic rings. The third kappa shape index (κ3) is 3.63. The fraction of sp³-hybridized carbons (Fsp3) is 0.438. The highest BCUT2D eigenvalue weighted by atomic mass is 35.5. The molecule has 0 saturated heterocycles. The monoisotopic (exact) mass is 348 g/mol. The summed E-state index contributed by atoms with van der Waals surface area (Å²) in [5.74, 6) is -1.04. The van der Waals surface area contributed by atoms with Crippen molar-refractivity contribution in [2.75, 3.05) is 6.61 Å². The number of rotatable bonds is 3. The molecule has 0 radical (unpaired) electrons. The summed E-state index contributed by atoms with van der Waals surface area (Å²) in [5.41, 5.74) is 0.314. The topological polar surface area (TPSA) is 35.5 Å². The quantitative estimate of drug-likeness (QED) is 0.740. The molecule has 1 heterocycles. The lowest BCUT2D eigenvalue weighted by Crippen LogP contribution is -2.41. The van der Waals surface area contributed by atoms with Crippen molar-refractivity contribution < 1.29 is 27.4 Å². The number of ether oxygens (including phenoxy) is 2. The second-order valence-corrected chi connectivity index (χ2v) is 5.86. The average molecular weight is 349 g/mol. The Morgan fingerprint density at radius 1 is 1.39 bits per heavy atom. The molecule has 1 aromatic carbocycles. The number of alkyl halides is 3. The van der Waals surface area contributed by atoms with E-state index in [1.165, 1.54) is 13.0 Å². The van der Waals surface area contributed by atoms with Crippen LogP contribution in [-0.2, 0) is 9.53 Å². The van der Waals surface area contributed by atoms with Crippen LogP contribution in [0.1, 0.15) is 37.8 Å². The number of carbonyl (C=O) groups is 1. The Morgan fingerprint density at radius 2 is 2.04 bits per heavy atom. The van der Waals surface area contributed by atoms with Gasteiger partial charge in [-0.15, -0.1) is 0 Å². The summed E-state index contributed by atoms with van der Waals surface area (Å²) in [6.07, 6.45) is -5.94. The van der Waals surface area contributed by atoms with Gasteiger partial charge >= 0.3 is 12.1 Å². The van der Waals surface area contributed by atoms with Gasteiger partial charge in [0.25, 0.3) is 0 Å². The summed E-state index contributed by atoms with van der Waals surface area (Å²) >= 11 is 6.02. The maximum absolute atomic E-state index is 13.3. The standard InChI is InChI=1S/C16H16ClF3O3/c1-4-22-15(21)12-6-9-5-10(17)7-11(8(2)3)13(9)23-14(12)16(18,19)20/h5-8,14H,4H2,1-3H3. The number of esters is 1. The lowest BCUT2D eigenvalue weighted by Gasteiger charge is -2.30. The van der Waals surface area contributed by atoms with Gasteiger partial charge in [-0.1, -0.05) is 25.4 Å². The number of halogens is 4. The van der Waals surface area contributed by atoms with Gasteiger partial charge in [0.1, 0.15) is 5.75 Å². The second kappa shape index (κ2) is 6.43. The third-order valence-electron chi connectivity index (χ3n) is 3.37. The Labute approximate surface area is 137 Å². The van der Waals surface area contributed by atoms with Crippen molar-refractivity contribution in [1.82, 2.24) is 0 Å². The first kappa shape index (κ1) is 17.7. The van der Waals surface area contributed by atoms with E-state index in [1.54, 1.807) is 6.07 Å². The lowest BCUT2D eigenvalue weighted by atomic mass is 9.94. The van der Waals surface area contributed by atoms with Crippen LogP contribution in [0.4, 0.5) is 13.2 Å². The van der Waals surface area contributed by atoms with E-state index in [-0.39, 0.29) is 18.3 Å². The largest absolute Gasteiger partial charge is 0.475 e. The molecule has 2 rings (SSSR count). The van der Waals surface area contributed by atoms with Gasteiger partial charge in [0.15, 0.2) is 0 Å². The van der Waals surface area contributed by atoms with Gasteiger partial charge in [0.2, 0.25) is 6.10 Å². The predicted octanol–water partition coefficient (Wildman–Crippen LogP) is 4.73. The summed E-state index contributed by atoms with van der Waals surface area (Å²) in [6.45, 7) is 5.14. The first-order valence-corrected chi connectivity index (χ1v) is 7.48. The Hall–Kier alpha value is -1.69. The van der Waals surface area contributed by atoms with Gasteiger partial charge in [0.05, 0.1) is 12.2 Å². The first-order valence-electron chi connectivity index (χ1n) is 7.10. The van der Waals surface area contributed by atoms with Crippen LogP contribution in [-0.4, -0.2) is 24.9 Å². The first-order chi connectivity index (χ1) is 10.6. The van der Waals surface area contributed by atoms with Crippen LogP contribution < -0.4 is 4.74 Å². The van der Waals surface area contributed by atoms with Gasteiger partial charge in [-0.3, -0.25) is 0 Å².